The number of nitrogen functional groups attached to an aromatic ring is 2. The number of imidazole rings is 1. The van der Waals surface area contributed by atoms with Crippen molar-refractivity contribution in [2.75, 3.05) is 16.8 Å². The summed E-state index contributed by atoms with van der Waals surface area (Å²) in [5.41, 5.74) is 14.5. The summed E-state index contributed by atoms with van der Waals surface area (Å²) in [6, 6.07) is 14.3. The van der Waals surface area contributed by atoms with Crippen molar-refractivity contribution >= 4 is 34.1 Å². The zero-order valence-corrected chi connectivity index (χ0v) is 13.6. The third-order valence-electron chi connectivity index (χ3n) is 3.88. The van der Waals surface area contributed by atoms with Crippen LogP contribution in [0.5, 0.6) is 0 Å². The van der Waals surface area contributed by atoms with E-state index in [4.69, 9.17) is 11.5 Å². The van der Waals surface area contributed by atoms with E-state index in [9.17, 15) is 4.79 Å². The minimum atomic E-state index is -0.228. The number of aromatic nitrogens is 4. The molecule has 2 aromatic carbocycles. The molecule has 5 N–H and O–H groups in total. The molecule has 0 bridgehead atoms. The average molecular weight is 349 g/mol. The Balaban J connectivity index is 1.70. The van der Waals surface area contributed by atoms with Crippen molar-refractivity contribution in [1.29, 1.82) is 0 Å². The van der Waals surface area contributed by atoms with Gasteiger partial charge in [-0.15, -0.1) is 0 Å². The lowest BCUT2D eigenvalue weighted by Crippen LogP contribution is -2.19. The van der Waals surface area contributed by atoms with Gasteiger partial charge in [-0.25, -0.2) is 9.61 Å². The molecular formula is C17H15N7O2. The molecule has 1 amide bonds. The predicted octanol–water partition coefficient (Wildman–Crippen LogP) is 1.89. The Bertz CT molecular complexity index is 1080. The van der Waals surface area contributed by atoms with Crippen LogP contribution in [-0.2, 0) is 11.3 Å². The number of benzene rings is 2. The van der Waals surface area contributed by atoms with Crippen LogP contribution >= 0.6 is 0 Å². The number of nitrogens with zero attached hydrogens (tertiary/aromatic N) is 4. The van der Waals surface area contributed by atoms with Gasteiger partial charge in [0.1, 0.15) is 6.54 Å². The van der Waals surface area contributed by atoms with Crippen molar-refractivity contribution in [2.24, 2.45) is 0 Å². The Labute approximate surface area is 147 Å². The van der Waals surface area contributed by atoms with Crippen LogP contribution in [0.2, 0.25) is 0 Å². The second-order valence-electron chi connectivity index (χ2n) is 5.68. The summed E-state index contributed by atoms with van der Waals surface area (Å²) in [6.07, 6.45) is 0. The highest BCUT2D eigenvalue weighted by molar-refractivity contribution is 5.93. The van der Waals surface area contributed by atoms with Crippen LogP contribution < -0.4 is 16.8 Å². The lowest BCUT2D eigenvalue weighted by atomic mass is 10.3. The van der Waals surface area contributed by atoms with Crippen LogP contribution in [0.15, 0.2) is 53.2 Å². The molecule has 4 rings (SSSR count). The normalized spacial score (nSPS) is 10.9. The van der Waals surface area contributed by atoms with E-state index in [2.05, 4.69) is 25.2 Å². The lowest BCUT2D eigenvalue weighted by Gasteiger charge is -2.09. The molecule has 0 atom stereocenters. The van der Waals surface area contributed by atoms with Crippen LogP contribution in [0.1, 0.15) is 0 Å². The fourth-order valence-electron chi connectivity index (χ4n) is 2.68. The molecule has 2 heterocycles. The highest BCUT2D eigenvalue weighted by Gasteiger charge is 2.20. The molecular weight excluding hydrogens is 334 g/mol. The number of hydrogen-bond donors (Lipinski definition) is 3. The fourth-order valence-corrected chi connectivity index (χ4v) is 2.68. The topological polar surface area (TPSA) is 138 Å². The Kier molecular flexibility index (Phi) is 3.73. The number of rotatable bonds is 4. The van der Waals surface area contributed by atoms with E-state index >= 15 is 0 Å². The molecule has 9 heteroatoms. The summed E-state index contributed by atoms with van der Waals surface area (Å²) in [4.78, 5) is 17.0. The molecule has 0 fully saturated rings. The first kappa shape index (κ1) is 15.6. The quantitative estimate of drug-likeness (QED) is 0.478. The van der Waals surface area contributed by atoms with Gasteiger partial charge in [0.05, 0.1) is 11.0 Å². The molecule has 0 spiro atoms. The molecule has 4 aromatic rings. The SMILES string of the molecule is Nc1ccc(NC(=O)Cn2c(-c3nonc3N)nc3ccccc32)cc1. The summed E-state index contributed by atoms with van der Waals surface area (Å²) in [5, 5.41) is 10.2. The Morgan fingerprint density at radius 3 is 2.58 bits per heavy atom. The molecule has 2 aromatic heterocycles. The van der Waals surface area contributed by atoms with Crippen molar-refractivity contribution in [3.05, 3.63) is 48.5 Å². The molecule has 0 unspecified atom stereocenters. The van der Waals surface area contributed by atoms with E-state index in [-0.39, 0.29) is 18.3 Å². The number of fused-ring (bicyclic) bond motifs is 1. The molecule has 0 saturated heterocycles. The van der Waals surface area contributed by atoms with Crippen LogP contribution in [0.25, 0.3) is 22.6 Å². The maximum atomic E-state index is 12.5. The standard InChI is InChI=1S/C17H15N7O2/c18-10-5-7-11(8-6-10)20-14(25)9-24-13-4-2-1-3-12(13)21-17(24)15-16(19)23-26-22-15/h1-8H,9,18H2,(H2,19,23)(H,20,25). The van der Waals surface area contributed by atoms with E-state index in [0.717, 1.165) is 5.52 Å². The second-order valence-corrected chi connectivity index (χ2v) is 5.68. The zero-order valence-electron chi connectivity index (χ0n) is 13.6. The van der Waals surface area contributed by atoms with Crippen molar-refractivity contribution in [3.63, 3.8) is 0 Å². The first-order valence-corrected chi connectivity index (χ1v) is 7.81. The first-order chi connectivity index (χ1) is 12.6. The van der Waals surface area contributed by atoms with Crippen LogP contribution in [0.4, 0.5) is 17.2 Å². The van der Waals surface area contributed by atoms with Gasteiger partial charge in [0.2, 0.25) is 5.91 Å². The van der Waals surface area contributed by atoms with Gasteiger partial charge in [-0.1, -0.05) is 12.1 Å². The van der Waals surface area contributed by atoms with Gasteiger partial charge in [-0.2, -0.15) is 0 Å². The smallest absolute Gasteiger partial charge is 0.244 e. The summed E-state index contributed by atoms with van der Waals surface area (Å²) in [7, 11) is 0. The van der Waals surface area contributed by atoms with Crippen molar-refractivity contribution in [3.8, 4) is 11.5 Å². The number of amides is 1. The van der Waals surface area contributed by atoms with E-state index in [1.54, 1.807) is 28.8 Å². The maximum absolute atomic E-state index is 12.5. The molecule has 0 aliphatic carbocycles. The third kappa shape index (κ3) is 2.81. The Morgan fingerprint density at radius 2 is 1.85 bits per heavy atom. The second kappa shape index (κ2) is 6.20. The first-order valence-electron chi connectivity index (χ1n) is 7.81. The minimum Gasteiger partial charge on any atom is -0.399 e. The number of anilines is 3. The van der Waals surface area contributed by atoms with Gasteiger partial charge < -0.3 is 21.4 Å². The fraction of sp³-hybridized carbons (Fsp3) is 0.0588. The number of hydrogen-bond acceptors (Lipinski definition) is 7. The number of carbonyl (C=O) groups is 1. The van der Waals surface area contributed by atoms with Gasteiger partial charge in [-0.3, -0.25) is 4.79 Å². The van der Waals surface area contributed by atoms with Crippen molar-refractivity contribution in [2.45, 2.75) is 6.54 Å². The van der Waals surface area contributed by atoms with Crippen LogP contribution in [0.3, 0.4) is 0 Å². The van der Waals surface area contributed by atoms with Crippen molar-refractivity contribution in [1.82, 2.24) is 19.9 Å². The largest absolute Gasteiger partial charge is 0.399 e. The third-order valence-corrected chi connectivity index (χ3v) is 3.88. The van der Waals surface area contributed by atoms with E-state index < -0.39 is 0 Å². The summed E-state index contributed by atoms with van der Waals surface area (Å²) >= 11 is 0. The summed E-state index contributed by atoms with van der Waals surface area (Å²) in [6.45, 7) is 0.0204. The number of nitrogens with one attached hydrogen (secondary N) is 1. The Hall–Kier alpha value is -3.88. The van der Waals surface area contributed by atoms with E-state index in [1.807, 2.05) is 24.3 Å². The number of carbonyl (C=O) groups excluding carboxylic acids is 1. The molecule has 26 heavy (non-hydrogen) atoms. The van der Waals surface area contributed by atoms with Crippen LogP contribution in [0, 0.1) is 0 Å². The van der Waals surface area contributed by atoms with Crippen LogP contribution in [-0.4, -0.2) is 25.8 Å². The number of nitrogens with two attached hydrogens (primary N) is 2. The molecule has 0 aliphatic heterocycles. The average Bonchev–Trinajstić information content (AvgIpc) is 3.21. The summed E-state index contributed by atoms with van der Waals surface area (Å²) < 4.78 is 6.39. The van der Waals surface area contributed by atoms with Gasteiger partial charge in [0.25, 0.3) is 0 Å². The molecule has 130 valence electrons. The van der Waals surface area contributed by atoms with Crippen molar-refractivity contribution < 1.29 is 9.42 Å². The summed E-state index contributed by atoms with van der Waals surface area (Å²) in [5.74, 6) is 0.298. The number of para-hydroxylation sites is 2. The molecule has 0 saturated carbocycles. The molecule has 9 nitrogen and oxygen atoms in total. The highest BCUT2D eigenvalue weighted by Crippen LogP contribution is 2.26. The molecule has 0 aliphatic rings. The maximum Gasteiger partial charge on any atom is 0.244 e. The van der Waals surface area contributed by atoms with E-state index in [0.29, 0.717) is 28.4 Å². The highest BCUT2D eigenvalue weighted by atomic mass is 16.6. The van der Waals surface area contributed by atoms with Gasteiger partial charge in [0.15, 0.2) is 17.3 Å². The van der Waals surface area contributed by atoms with Gasteiger partial charge in [0, 0.05) is 11.4 Å². The van der Waals surface area contributed by atoms with Gasteiger partial charge in [-0.05, 0) is 46.7 Å². The molecule has 0 radical (unpaired) electrons. The minimum absolute atomic E-state index is 0.0204. The monoisotopic (exact) mass is 349 g/mol. The van der Waals surface area contributed by atoms with Gasteiger partial charge >= 0.3 is 0 Å². The predicted molar refractivity (Wildman–Crippen MR) is 96.9 cm³/mol. The zero-order chi connectivity index (χ0) is 18.1. The Morgan fingerprint density at radius 1 is 1.08 bits per heavy atom. The van der Waals surface area contributed by atoms with E-state index in [1.165, 1.54) is 0 Å². The lowest BCUT2D eigenvalue weighted by molar-refractivity contribution is -0.116.